The van der Waals surface area contributed by atoms with Crippen molar-refractivity contribution in [3.05, 3.63) is 11.6 Å². The zero-order valence-corrected chi connectivity index (χ0v) is 18.3. The van der Waals surface area contributed by atoms with Gasteiger partial charge in [-0.2, -0.15) is 0 Å². The van der Waals surface area contributed by atoms with Crippen LogP contribution < -0.4 is 0 Å². The van der Waals surface area contributed by atoms with Gasteiger partial charge in [0, 0.05) is 6.42 Å². The van der Waals surface area contributed by atoms with E-state index in [0.717, 1.165) is 25.7 Å². The van der Waals surface area contributed by atoms with Gasteiger partial charge in [-0.1, -0.05) is 19.4 Å². The van der Waals surface area contributed by atoms with Crippen molar-refractivity contribution in [3.63, 3.8) is 0 Å². The molecule has 0 saturated heterocycles. The van der Waals surface area contributed by atoms with Gasteiger partial charge in [-0.05, 0) is 73.2 Å². The lowest BCUT2D eigenvalue weighted by Gasteiger charge is -2.59. The highest BCUT2D eigenvalue weighted by Crippen LogP contribution is 2.66. The van der Waals surface area contributed by atoms with Gasteiger partial charge in [0.15, 0.2) is 5.78 Å². The number of rotatable bonds is 4. The van der Waals surface area contributed by atoms with Crippen molar-refractivity contribution in [1.82, 2.24) is 0 Å². The maximum Gasteiger partial charge on any atom is 0.317 e. The van der Waals surface area contributed by atoms with Crippen LogP contribution in [-0.2, 0) is 23.9 Å². The van der Waals surface area contributed by atoms with Crippen LogP contribution in [0.2, 0.25) is 0 Å². The van der Waals surface area contributed by atoms with Gasteiger partial charge < -0.3 is 14.9 Å². The highest BCUT2D eigenvalue weighted by Gasteiger charge is 2.63. The Morgan fingerprint density at radius 2 is 1.87 bits per heavy atom. The van der Waals surface area contributed by atoms with Crippen molar-refractivity contribution in [2.45, 2.75) is 77.7 Å². The first-order valence-electron chi connectivity index (χ1n) is 11.4. The molecule has 0 aliphatic heterocycles. The molecule has 0 radical (unpaired) electrons. The second-order valence-electron chi connectivity index (χ2n) is 10.5. The minimum Gasteiger partial charge on any atom is -0.481 e. The number of aliphatic carboxylic acids is 1. The summed E-state index contributed by atoms with van der Waals surface area (Å²) in [5.74, 6) is -2.20. The van der Waals surface area contributed by atoms with Gasteiger partial charge in [0.25, 0.3) is 0 Å². The number of esters is 2. The molecule has 4 aliphatic carbocycles. The summed E-state index contributed by atoms with van der Waals surface area (Å²) in [6.07, 6.45) is 5.50. The predicted molar refractivity (Wildman–Crippen MR) is 110 cm³/mol. The molecule has 0 heterocycles. The van der Waals surface area contributed by atoms with Crippen molar-refractivity contribution < 1.29 is 34.1 Å². The highest BCUT2D eigenvalue weighted by molar-refractivity contribution is 5.91. The van der Waals surface area contributed by atoms with Gasteiger partial charge in [0.05, 0.1) is 24.9 Å². The molecule has 0 spiro atoms. The molecule has 2 N–H and O–H groups in total. The topological polar surface area (TPSA) is 118 Å². The van der Waals surface area contributed by atoms with Crippen LogP contribution in [0.15, 0.2) is 11.6 Å². The molecule has 3 fully saturated rings. The van der Waals surface area contributed by atoms with E-state index in [1.54, 1.807) is 6.08 Å². The van der Waals surface area contributed by atoms with E-state index < -0.39 is 35.3 Å². The number of ether oxygens (including phenoxy) is 1. The van der Waals surface area contributed by atoms with Crippen molar-refractivity contribution >= 4 is 23.7 Å². The number of fused-ring (bicyclic) bond motifs is 5. The average Bonchev–Trinajstić information content (AvgIpc) is 3.03. The van der Waals surface area contributed by atoms with Gasteiger partial charge in [-0.3, -0.25) is 19.2 Å². The minimum atomic E-state index is -1.11. The van der Waals surface area contributed by atoms with E-state index in [9.17, 15) is 24.3 Å². The van der Waals surface area contributed by atoms with Crippen molar-refractivity contribution in [3.8, 4) is 0 Å². The van der Waals surface area contributed by atoms with E-state index in [4.69, 9.17) is 9.84 Å². The number of carboxylic acids is 1. The maximum absolute atomic E-state index is 12.8. The third kappa shape index (κ3) is 3.65. The van der Waals surface area contributed by atoms with Gasteiger partial charge >= 0.3 is 17.9 Å². The van der Waals surface area contributed by atoms with Crippen molar-refractivity contribution in [1.29, 1.82) is 0 Å². The number of aliphatic hydroxyl groups is 1. The van der Waals surface area contributed by atoms with Crippen LogP contribution in [0.1, 0.15) is 71.6 Å². The lowest BCUT2D eigenvalue weighted by atomic mass is 9.46. The number of hydrogen-bond acceptors (Lipinski definition) is 6. The Labute approximate surface area is 182 Å². The number of aliphatic hydroxyl groups excluding tert-OH is 1. The van der Waals surface area contributed by atoms with Gasteiger partial charge in [0.2, 0.25) is 0 Å². The maximum atomic E-state index is 12.8. The summed E-state index contributed by atoms with van der Waals surface area (Å²) in [5, 5.41) is 20.0. The smallest absolute Gasteiger partial charge is 0.317 e. The summed E-state index contributed by atoms with van der Waals surface area (Å²) >= 11 is 0. The SMILES string of the molecule is C[C@]12CCC(=O)C=C1CC[C@@H]1[C@@H]2C(O)C[C@]2(C)C(C(=O)OC(=O)CCC(=O)O)CC[C@@H]12. The van der Waals surface area contributed by atoms with Crippen LogP contribution >= 0.6 is 0 Å². The Morgan fingerprint density at radius 1 is 1.13 bits per heavy atom. The molecule has 0 aromatic rings. The highest BCUT2D eigenvalue weighted by atomic mass is 16.6. The minimum absolute atomic E-state index is 0.0747. The molecule has 7 heteroatoms. The van der Waals surface area contributed by atoms with E-state index in [0.29, 0.717) is 19.3 Å². The molecular formula is C24H32O7. The fourth-order valence-electron chi connectivity index (χ4n) is 7.52. The fraction of sp³-hybridized carbons (Fsp3) is 0.750. The van der Waals surface area contributed by atoms with Crippen LogP contribution in [0.25, 0.3) is 0 Å². The summed E-state index contributed by atoms with van der Waals surface area (Å²) in [6, 6.07) is 0. The summed E-state index contributed by atoms with van der Waals surface area (Å²) in [6.45, 7) is 4.23. The Balaban J connectivity index is 1.53. The van der Waals surface area contributed by atoms with E-state index >= 15 is 0 Å². The zero-order chi connectivity index (χ0) is 22.6. The number of ketones is 1. The Hall–Kier alpha value is -2.02. The molecule has 0 aromatic carbocycles. The molecule has 170 valence electrons. The van der Waals surface area contributed by atoms with Crippen molar-refractivity contribution in [2.24, 2.45) is 34.5 Å². The van der Waals surface area contributed by atoms with E-state index in [1.807, 2.05) is 6.92 Å². The molecule has 4 rings (SSSR count). The standard InChI is InChI=1S/C24H32O7/c1-23-10-9-14(25)11-13(23)3-4-15-16-5-6-17(24(16,2)12-18(26)21(15)23)22(30)31-20(29)8-7-19(27)28/h11,15-18,21,26H,3-10,12H2,1-2H3,(H,27,28)/t15-,16-,17?,18?,21+,23-,24-/m0/s1. The van der Waals surface area contributed by atoms with Crippen LogP contribution in [-0.4, -0.2) is 40.0 Å². The second-order valence-corrected chi connectivity index (χ2v) is 10.5. The molecule has 7 nitrogen and oxygen atoms in total. The van der Waals surface area contributed by atoms with Crippen LogP contribution in [0.3, 0.4) is 0 Å². The molecule has 0 amide bonds. The quantitative estimate of drug-likeness (QED) is 0.518. The van der Waals surface area contributed by atoms with Crippen LogP contribution in [0, 0.1) is 34.5 Å². The number of allylic oxidation sites excluding steroid dienone is 1. The largest absolute Gasteiger partial charge is 0.481 e. The third-order valence-electron chi connectivity index (χ3n) is 8.94. The molecule has 0 bridgehead atoms. The fourth-order valence-corrected chi connectivity index (χ4v) is 7.52. The Bertz CT molecular complexity index is 845. The first-order chi connectivity index (χ1) is 14.6. The second kappa shape index (κ2) is 7.84. The average molecular weight is 433 g/mol. The van der Waals surface area contributed by atoms with E-state index in [2.05, 4.69) is 6.92 Å². The Morgan fingerprint density at radius 3 is 2.58 bits per heavy atom. The number of carboxylic acid groups (broad SMARTS) is 1. The predicted octanol–water partition coefficient (Wildman–Crippen LogP) is 3.04. The van der Waals surface area contributed by atoms with Crippen LogP contribution in [0.5, 0.6) is 0 Å². The lowest BCUT2D eigenvalue weighted by Crippen LogP contribution is -2.57. The summed E-state index contributed by atoms with van der Waals surface area (Å²) in [5.41, 5.74) is 0.543. The summed E-state index contributed by atoms with van der Waals surface area (Å²) in [7, 11) is 0. The third-order valence-corrected chi connectivity index (χ3v) is 8.94. The normalized spacial score (nSPS) is 41.5. The molecule has 3 saturated carbocycles. The number of carbonyl (C=O) groups is 4. The lowest BCUT2D eigenvalue weighted by molar-refractivity contribution is -0.172. The van der Waals surface area contributed by atoms with Gasteiger partial charge in [-0.25, -0.2) is 0 Å². The van der Waals surface area contributed by atoms with Gasteiger partial charge in [0.1, 0.15) is 0 Å². The monoisotopic (exact) mass is 432 g/mol. The summed E-state index contributed by atoms with van der Waals surface area (Å²) < 4.78 is 5.02. The van der Waals surface area contributed by atoms with E-state index in [-0.39, 0.29) is 41.8 Å². The summed E-state index contributed by atoms with van der Waals surface area (Å²) in [4.78, 5) is 47.4. The molecular weight excluding hydrogens is 400 g/mol. The van der Waals surface area contributed by atoms with E-state index in [1.165, 1.54) is 5.57 Å². The van der Waals surface area contributed by atoms with Crippen LogP contribution in [0.4, 0.5) is 0 Å². The Kier molecular flexibility index (Phi) is 5.61. The van der Waals surface area contributed by atoms with Crippen molar-refractivity contribution in [2.75, 3.05) is 0 Å². The molecule has 7 atom stereocenters. The number of hydrogen-bond donors (Lipinski definition) is 2. The number of carbonyl (C=O) groups excluding carboxylic acids is 3. The molecule has 4 aliphatic rings. The first-order valence-corrected chi connectivity index (χ1v) is 11.4. The zero-order valence-electron chi connectivity index (χ0n) is 18.3. The molecule has 0 aromatic heterocycles. The first kappa shape index (κ1) is 22.2. The molecule has 31 heavy (non-hydrogen) atoms. The van der Waals surface area contributed by atoms with Gasteiger partial charge in [-0.15, -0.1) is 0 Å². The molecule has 2 unspecified atom stereocenters.